The first kappa shape index (κ1) is 10.3. The van der Waals surface area contributed by atoms with E-state index in [9.17, 15) is 5.11 Å². The van der Waals surface area contributed by atoms with E-state index >= 15 is 0 Å². The molecule has 0 aliphatic rings. The number of hydrogen-bond acceptors (Lipinski definition) is 2. The Bertz CT molecular complexity index is 106. The maximum Gasteiger partial charge on any atom is 1.00 e. The summed E-state index contributed by atoms with van der Waals surface area (Å²) in [6, 6.07) is 1.43. The van der Waals surface area contributed by atoms with E-state index < -0.39 is 0 Å². The van der Waals surface area contributed by atoms with Crippen LogP contribution in [0.1, 0.15) is 0 Å². The van der Waals surface area contributed by atoms with Gasteiger partial charge in [0.1, 0.15) is 11.1 Å². The number of allylic oxidation sites excluding steroid dienone is 1. The SMILES string of the molecule is N#CC(Cl)=C[O-].[Na+]. The van der Waals surface area contributed by atoms with Gasteiger partial charge in [0, 0.05) is 0 Å². The molecular formula is C3HClNNaO. The quantitative estimate of drug-likeness (QED) is 0.196. The molecule has 0 aromatic carbocycles. The van der Waals surface area contributed by atoms with Crippen LogP contribution >= 0.6 is 11.6 Å². The minimum Gasteiger partial charge on any atom is -0.876 e. The van der Waals surface area contributed by atoms with Gasteiger partial charge >= 0.3 is 29.6 Å². The van der Waals surface area contributed by atoms with Crippen LogP contribution in [0.4, 0.5) is 0 Å². The maximum atomic E-state index is 9.34. The van der Waals surface area contributed by atoms with Gasteiger partial charge in [-0.15, -0.1) is 6.26 Å². The van der Waals surface area contributed by atoms with Crippen molar-refractivity contribution in [3.05, 3.63) is 11.3 Å². The molecule has 0 N–H and O–H groups in total. The molecule has 2 nitrogen and oxygen atoms in total. The smallest absolute Gasteiger partial charge is 0.876 e. The molecule has 0 atom stereocenters. The summed E-state index contributed by atoms with van der Waals surface area (Å²) in [5, 5.41) is 16.7. The summed E-state index contributed by atoms with van der Waals surface area (Å²) < 4.78 is 0. The number of rotatable bonds is 0. The first-order chi connectivity index (χ1) is 2.81. The van der Waals surface area contributed by atoms with Gasteiger partial charge in [0.05, 0.1) is 0 Å². The van der Waals surface area contributed by atoms with Crippen LogP contribution < -0.4 is 34.7 Å². The number of halogens is 1. The van der Waals surface area contributed by atoms with Gasteiger partial charge in [0.25, 0.3) is 0 Å². The Morgan fingerprint density at radius 3 is 2.29 bits per heavy atom. The Labute approximate surface area is 68.7 Å². The maximum absolute atomic E-state index is 9.34. The predicted octanol–water partition coefficient (Wildman–Crippen LogP) is -3.05. The standard InChI is InChI=1S/C3H2ClNO.Na/c4-3(1-5)2-6;/h2,6H;/q;+1/p-1. The third kappa shape index (κ3) is 6.32. The van der Waals surface area contributed by atoms with Crippen LogP contribution in [0.15, 0.2) is 11.3 Å². The molecule has 0 spiro atoms. The Hall–Kier alpha value is 0.320. The summed E-state index contributed by atoms with van der Waals surface area (Å²) in [6.45, 7) is 0. The van der Waals surface area contributed by atoms with Crippen LogP contribution in [0.5, 0.6) is 0 Å². The third-order valence-corrected chi connectivity index (χ3v) is 0.384. The monoisotopic (exact) mass is 125 g/mol. The molecule has 0 aromatic rings. The average Bonchev–Trinajstić information content (AvgIpc) is 1.65. The molecule has 0 aliphatic heterocycles. The van der Waals surface area contributed by atoms with Crippen LogP contribution in [-0.2, 0) is 0 Å². The molecule has 0 amide bonds. The number of nitriles is 1. The first-order valence-corrected chi connectivity index (χ1v) is 1.56. The average molecular weight is 125 g/mol. The molecule has 0 aromatic heterocycles. The van der Waals surface area contributed by atoms with Gasteiger partial charge in [-0.25, -0.2) is 0 Å². The molecule has 7 heavy (non-hydrogen) atoms. The van der Waals surface area contributed by atoms with E-state index in [2.05, 4.69) is 0 Å². The Kier molecular flexibility index (Phi) is 9.33. The van der Waals surface area contributed by atoms with Gasteiger partial charge in [0.15, 0.2) is 0 Å². The van der Waals surface area contributed by atoms with Gasteiger partial charge in [-0.05, 0) is 0 Å². The second-order valence-corrected chi connectivity index (χ2v) is 0.985. The van der Waals surface area contributed by atoms with Crippen molar-refractivity contribution >= 4 is 11.6 Å². The van der Waals surface area contributed by atoms with Gasteiger partial charge < -0.3 is 5.11 Å². The summed E-state index contributed by atoms with van der Waals surface area (Å²) >= 11 is 4.84. The predicted molar refractivity (Wildman–Crippen MR) is 19.5 cm³/mol. The summed E-state index contributed by atoms with van der Waals surface area (Å²) in [5.41, 5.74) is 0. The molecular weight excluding hydrogens is 124 g/mol. The molecule has 4 heteroatoms. The fourth-order valence-corrected chi connectivity index (χ4v) is 0.0264. The Morgan fingerprint density at radius 2 is 2.29 bits per heavy atom. The summed E-state index contributed by atoms with van der Waals surface area (Å²) in [4.78, 5) is 0. The van der Waals surface area contributed by atoms with Crippen molar-refractivity contribution in [2.75, 3.05) is 0 Å². The van der Waals surface area contributed by atoms with Gasteiger partial charge in [-0.1, -0.05) is 11.6 Å². The second kappa shape index (κ2) is 6.32. The number of nitrogens with zero attached hydrogens (tertiary/aromatic N) is 1. The van der Waals surface area contributed by atoms with E-state index in [4.69, 9.17) is 16.9 Å². The third-order valence-electron chi connectivity index (χ3n) is 0.210. The zero-order valence-electron chi connectivity index (χ0n) is 3.81. The normalized spacial score (nSPS) is 8.86. The van der Waals surface area contributed by atoms with Crippen molar-refractivity contribution in [3.8, 4) is 6.07 Å². The zero-order valence-corrected chi connectivity index (χ0v) is 6.57. The van der Waals surface area contributed by atoms with Crippen molar-refractivity contribution in [2.24, 2.45) is 0 Å². The van der Waals surface area contributed by atoms with E-state index in [0.717, 1.165) is 0 Å². The molecule has 0 radical (unpaired) electrons. The first-order valence-electron chi connectivity index (χ1n) is 1.19. The van der Waals surface area contributed by atoms with Gasteiger partial charge in [-0.2, -0.15) is 5.26 Å². The fraction of sp³-hybridized carbons (Fsp3) is 0. The van der Waals surface area contributed by atoms with Crippen molar-refractivity contribution in [1.82, 2.24) is 0 Å². The van der Waals surface area contributed by atoms with Crippen LogP contribution in [0.25, 0.3) is 0 Å². The second-order valence-electron chi connectivity index (χ2n) is 0.578. The van der Waals surface area contributed by atoms with Crippen molar-refractivity contribution in [1.29, 1.82) is 5.26 Å². The molecule has 0 fully saturated rings. The Morgan fingerprint density at radius 1 is 1.86 bits per heavy atom. The molecule has 0 rings (SSSR count). The van der Waals surface area contributed by atoms with E-state index in [1.165, 1.54) is 6.07 Å². The van der Waals surface area contributed by atoms with Crippen molar-refractivity contribution in [2.45, 2.75) is 0 Å². The fourth-order valence-electron chi connectivity index (χ4n) is 0.0264. The minimum absolute atomic E-state index is 0. The molecule has 0 unspecified atom stereocenters. The van der Waals surface area contributed by atoms with Crippen LogP contribution in [0, 0.1) is 11.3 Å². The molecule has 0 saturated heterocycles. The van der Waals surface area contributed by atoms with Gasteiger partial charge in [0.2, 0.25) is 0 Å². The summed E-state index contributed by atoms with van der Waals surface area (Å²) in [6.07, 6.45) is 0.293. The van der Waals surface area contributed by atoms with Crippen molar-refractivity contribution < 1.29 is 34.7 Å². The molecule has 0 heterocycles. The summed E-state index contributed by atoms with van der Waals surface area (Å²) in [7, 11) is 0. The van der Waals surface area contributed by atoms with E-state index in [1.807, 2.05) is 0 Å². The van der Waals surface area contributed by atoms with Gasteiger partial charge in [-0.3, -0.25) is 0 Å². The number of hydrogen-bond donors (Lipinski definition) is 0. The van der Waals surface area contributed by atoms with Crippen molar-refractivity contribution in [3.63, 3.8) is 0 Å². The minimum atomic E-state index is -0.310. The zero-order chi connectivity index (χ0) is 4.99. The molecule has 0 saturated carbocycles. The van der Waals surface area contributed by atoms with E-state index in [0.29, 0.717) is 6.26 Å². The Balaban J connectivity index is 0. The molecule has 32 valence electrons. The van der Waals surface area contributed by atoms with Crippen LogP contribution in [0.2, 0.25) is 0 Å². The molecule has 0 bridgehead atoms. The van der Waals surface area contributed by atoms with E-state index in [1.54, 1.807) is 0 Å². The molecule has 0 aliphatic carbocycles. The van der Waals surface area contributed by atoms with E-state index in [-0.39, 0.29) is 34.6 Å². The largest absolute Gasteiger partial charge is 1.00 e. The topological polar surface area (TPSA) is 46.8 Å². The van der Waals surface area contributed by atoms with Crippen LogP contribution in [-0.4, -0.2) is 0 Å². The van der Waals surface area contributed by atoms with Crippen LogP contribution in [0.3, 0.4) is 0 Å². The summed E-state index contributed by atoms with van der Waals surface area (Å²) in [5.74, 6) is 0.